The maximum absolute atomic E-state index is 9.49. The number of benzene rings is 1. The summed E-state index contributed by atoms with van der Waals surface area (Å²) in [6, 6.07) is 6.87. The van der Waals surface area contributed by atoms with Gasteiger partial charge in [-0.2, -0.15) is 0 Å². The fourth-order valence-electron chi connectivity index (χ4n) is 2.90. The Morgan fingerprint density at radius 3 is 3.00 bits per heavy atom. The van der Waals surface area contributed by atoms with Gasteiger partial charge in [0, 0.05) is 12.1 Å². The van der Waals surface area contributed by atoms with Crippen molar-refractivity contribution < 1.29 is 5.11 Å². The Labute approximate surface area is 110 Å². The van der Waals surface area contributed by atoms with Gasteiger partial charge in [0.25, 0.3) is 0 Å². The van der Waals surface area contributed by atoms with Gasteiger partial charge in [-0.25, -0.2) is 0 Å². The number of hydrogen-bond acceptors (Lipinski definition) is 2. The first-order valence-electron chi connectivity index (χ1n) is 7.28. The summed E-state index contributed by atoms with van der Waals surface area (Å²) < 4.78 is 0. The number of hydrogen-bond donors (Lipinski definition) is 2. The summed E-state index contributed by atoms with van der Waals surface area (Å²) in [7, 11) is 0. The average molecular weight is 247 g/mol. The summed E-state index contributed by atoms with van der Waals surface area (Å²) in [5.74, 6) is 0.394. The van der Waals surface area contributed by atoms with E-state index in [1.807, 2.05) is 6.07 Å². The van der Waals surface area contributed by atoms with E-state index >= 15 is 0 Å². The fraction of sp³-hybridized carbons (Fsp3) is 0.625. The highest BCUT2D eigenvalue weighted by Gasteiger charge is 2.23. The predicted octanol–water partition coefficient (Wildman–Crippen LogP) is 3.94. The van der Waals surface area contributed by atoms with Crippen LogP contribution in [0.2, 0.25) is 0 Å². The van der Waals surface area contributed by atoms with E-state index in [0.717, 1.165) is 12.8 Å². The summed E-state index contributed by atoms with van der Waals surface area (Å²) in [4.78, 5) is 0. The number of nitrogens with one attached hydrogen (secondary N) is 1. The average Bonchev–Trinajstić information content (AvgIpc) is 2.72. The van der Waals surface area contributed by atoms with Gasteiger partial charge in [0.2, 0.25) is 0 Å². The molecule has 0 bridgehead atoms. The molecular weight excluding hydrogens is 222 g/mol. The summed E-state index contributed by atoms with van der Waals surface area (Å²) in [6.07, 6.45) is 7.46. The third-order valence-electron chi connectivity index (χ3n) is 3.93. The van der Waals surface area contributed by atoms with Crippen molar-refractivity contribution in [3.8, 4) is 5.75 Å². The highest BCUT2D eigenvalue weighted by molar-refractivity contribution is 5.40. The van der Waals surface area contributed by atoms with Crippen molar-refractivity contribution in [3.05, 3.63) is 29.3 Å². The molecule has 2 N–H and O–H groups in total. The minimum Gasteiger partial charge on any atom is -0.508 e. The Bertz CT molecular complexity index is 389. The SMILES string of the molecule is CCCCCC(C)NC1CCc2cc(O)ccc21. The van der Waals surface area contributed by atoms with E-state index < -0.39 is 0 Å². The summed E-state index contributed by atoms with van der Waals surface area (Å²) in [6.45, 7) is 4.53. The molecule has 1 aliphatic rings. The zero-order chi connectivity index (χ0) is 13.0. The van der Waals surface area contributed by atoms with E-state index in [-0.39, 0.29) is 0 Å². The molecule has 18 heavy (non-hydrogen) atoms. The lowest BCUT2D eigenvalue weighted by Crippen LogP contribution is -2.29. The van der Waals surface area contributed by atoms with Gasteiger partial charge in [0.15, 0.2) is 0 Å². The molecule has 1 aromatic carbocycles. The van der Waals surface area contributed by atoms with Gasteiger partial charge in [-0.3, -0.25) is 0 Å². The highest BCUT2D eigenvalue weighted by atomic mass is 16.3. The van der Waals surface area contributed by atoms with Gasteiger partial charge >= 0.3 is 0 Å². The molecule has 1 aliphatic carbocycles. The minimum atomic E-state index is 0.394. The number of aromatic hydroxyl groups is 1. The molecule has 1 aromatic rings. The fourth-order valence-corrected chi connectivity index (χ4v) is 2.90. The molecule has 0 aromatic heterocycles. The van der Waals surface area contributed by atoms with Crippen LogP contribution < -0.4 is 5.32 Å². The lowest BCUT2D eigenvalue weighted by atomic mass is 10.1. The second-order valence-corrected chi connectivity index (χ2v) is 5.54. The van der Waals surface area contributed by atoms with Crippen LogP contribution in [0.1, 0.15) is 63.1 Å². The van der Waals surface area contributed by atoms with Crippen LogP contribution >= 0.6 is 0 Å². The van der Waals surface area contributed by atoms with Gasteiger partial charge < -0.3 is 10.4 Å². The minimum absolute atomic E-state index is 0.394. The first-order valence-corrected chi connectivity index (χ1v) is 7.28. The number of unbranched alkanes of at least 4 members (excludes halogenated alkanes) is 2. The first-order chi connectivity index (χ1) is 8.70. The monoisotopic (exact) mass is 247 g/mol. The van der Waals surface area contributed by atoms with E-state index in [9.17, 15) is 5.11 Å². The van der Waals surface area contributed by atoms with Crippen molar-refractivity contribution in [2.24, 2.45) is 0 Å². The number of rotatable bonds is 6. The number of fused-ring (bicyclic) bond motifs is 1. The Kier molecular flexibility index (Phi) is 4.65. The maximum atomic E-state index is 9.49. The Hall–Kier alpha value is -1.02. The molecule has 0 saturated carbocycles. The second-order valence-electron chi connectivity index (χ2n) is 5.54. The molecule has 2 heteroatoms. The van der Waals surface area contributed by atoms with Crippen LogP contribution in [0.4, 0.5) is 0 Å². The van der Waals surface area contributed by atoms with Crippen molar-refractivity contribution in [1.29, 1.82) is 0 Å². The lowest BCUT2D eigenvalue weighted by molar-refractivity contribution is 0.421. The van der Waals surface area contributed by atoms with E-state index in [1.165, 1.54) is 36.8 Å². The van der Waals surface area contributed by atoms with Crippen LogP contribution in [-0.2, 0) is 6.42 Å². The molecule has 2 atom stereocenters. The van der Waals surface area contributed by atoms with Gasteiger partial charge in [0.1, 0.15) is 5.75 Å². The summed E-state index contributed by atoms with van der Waals surface area (Å²) in [5.41, 5.74) is 2.70. The molecular formula is C16H25NO. The lowest BCUT2D eigenvalue weighted by Gasteiger charge is -2.20. The van der Waals surface area contributed by atoms with Crippen molar-refractivity contribution in [2.45, 2.75) is 64.5 Å². The zero-order valence-corrected chi connectivity index (χ0v) is 11.6. The van der Waals surface area contributed by atoms with Crippen LogP contribution in [0.15, 0.2) is 18.2 Å². The van der Waals surface area contributed by atoms with Gasteiger partial charge in [-0.1, -0.05) is 32.3 Å². The van der Waals surface area contributed by atoms with Crippen molar-refractivity contribution >= 4 is 0 Å². The molecule has 0 amide bonds. The third kappa shape index (κ3) is 3.26. The van der Waals surface area contributed by atoms with Crippen molar-refractivity contribution in [3.63, 3.8) is 0 Å². The first kappa shape index (κ1) is 13.4. The van der Waals surface area contributed by atoms with Crippen molar-refractivity contribution in [2.75, 3.05) is 0 Å². The van der Waals surface area contributed by atoms with Crippen LogP contribution in [0.25, 0.3) is 0 Å². The van der Waals surface area contributed by atoms with Gasteiger partial charge in [-0.05, 0) is 49.4 Å². The van der Waals surface area contributed by atoms with Crippen molar-refractivity contribution in [1.82, 2.24) is 5.32 Å². The molecule has 2 nitrogen and oxygen atoms in total. The molecule has 100 valence electrons. The molecule has 0 aliphatic heterocycles. The van der Waals surface area contributed by atoms with Gasteiger partial charge in [-0.15, -0.1) is 0 Å². The maximum Gasteiger partial charge on any atom is 0.115 e. The molecule has 0 saturated heterocycles. The van der Waals surface area contributed by atoms with E-state index in [0.29, 0.717) is 17.8 Å². The Balaban J connectivity index is 1.89. The molecule has 0 radical (unpaired) electrons. The zero-order valence-electron chi connectivity index (χ0n) is 11.6. The third-order valence-corrected chi connectivity index (χ3v) is 3.93. The molecule has 0 heterocycles. The summed E-state index contributed by atoms with van der Waals surface area (Å²) >= 11 is 0. The molecule has 0 fully saturated rings. The molecule has 2 rings (SSSR count). The quantitative estimate of drug-likeness (QED) is 0.746. The normalized spacial score (nSPS) is 19.8. The van der Waals surface area contributed by atoms with Crippen LogP contribution in [0.5, 0.6) is 5.75 Å². The molecule has 2 unspecified atom stereocenters. The predicted molar refractivity (Wildman–Crippen MR) is 75.9 cm³/mol. The largest absolute Gasteiger partial charge is 0.508 e. The number of aryl methyl sites for hydroxylation is 1. The van der Waals surface area contributed by atoms with Crippen LogP contribution in [0, 0.1) is 0 Å². The number of phenolic OH excluding ortho intramolecular Hbond substituents is 1. The molecule has 0 spiro atoms. The number of phenols is 1. The Morgan fingerprint density at radius 1 is 1.39 bits per heavy atom. The topological polar surface area (TPSA) is 32.3 Å². The standard InChI is InChI=1S/C16H25NO/c1-3-4-5-6-12(2)17-16-10-7-13-11-14(18)8-9-15(13)16/h8-9,11-12,16-18H,3-7,10H2,1-2H3. The van der Waals surface area contributed by atoms with Crippen LogP contribution in [0.3, 0.4) is 0 Å². The van der Waals surface area contributed by atoms with E-state index in [4.69, 9.17) is 0 Å². The van der Waals surface area contributed by atoms with Crippen LogP contribution in [-0.4, -0.2) is 11.1 Å². The highest BCUT2D eigenvalue weighted by Crippen LogP contribution is 2.33. The Morgan fingerprint density at radius 2 is 2.22 bits per heavy atom. The van der Waals surface area contributed by atoms with Gasteiger partial charge in [0.05, 0.1) is 0 Å². The summed E-state index contributed by atoms with van der Waals surface area (Å²) in [5, 5.41) is 13.2. The smallest absolute Gasteiger partial charge is 0.115 e. The van der Waals surface area contributed by atoms with E-state index in [1.54, 1.807) is 6.07 Å². The second kappa shape index (κ2) is 6.24. The van der Waals surface area contributed by atoms with E-state index in [2.05, 4.69) is 25.2 Å².